The third kappa shape index (κ3) is 3.33. The van der Waals surface area contributed by atoms with Gasteiger partial charge in [-0.3, -0.25) is 4.79 Å². The van der Waals surface area contributed by atoms with E-state index in [0.717, 1.165) is 19.6 Å². The van der Waals surface area contributed by atoms with E-state index >= 15 is 0 Å². The summed E-state index contributed by atoms with van der Waals surface area (Å²) < 4.78 is 0. The first kappa shape index (κ1) is 15.3. The molecule has 0 bridgehead atoms. The number of nitrogens with zero attached hydrogens (tertiary/aromatic N) is 1. The number of carbonyl (C=O) groups excluding carboxylic acids is 1. The molecule has 1 aromatic rings. The largest absolute Gasteiger partial charge is 0.340 e. The number of hydrogen-bond donors (Lipinski definition) is 1. The Labute approximate surface area is 127 Å². The summed E-state index contributed by atoms with van der Waals surface area (Å²) in [5.74, 6) is 0.270. The molecule has 0 spiro atoms. The Hall–Kier alpha value is -1.06. The second kappa shape index (κ2) is 6.59. The van der Waals surface area contributed by atoms with E-state index in [1.807, 2.05) is 4.90 Å². The van der Waals surface area contributed by atoms with Crippen LogP contribution in [-0.2, 0) is 24.1 Å². The third-order valence-electron chi connectivity index (χ3n) is 4.24. The first-order chi connectivity index (χ1) is 9.22. The molecular formula is C16H23ClN2O. The zero-order chi connectivity index (χ0) is 13.2. The first-order valence-electron chi connectivity index (χ1n) is 7.34. The maximum absolute atomic E-state index is 12.3. The number of carbonyl (C=O) groups is 1. The highest BCUT2D eigenvalue weighted by Crippen LogP contribution is 2.23. The van der Waals surface area contributed by atoms with E-state index in [1.54, 1.807) is 0 Å². The van der Waals surface area contributed by atoms with Crippen molar-refractivity contribution in [1.29, 1.82) is 0 Å². The predicted molar refractivity (Wildman–Crippen MR) is 83.5 cm³/mol. The van der Waals surface area contributed by atoms with Gasteiger partial charge in [0.15, 0.2) is 0 Å². The van der Waals surface area contributed by atoms with Crippen LogP contribution in [0.25, 0.3) is 0 Å². The van der Waals surface area contributed by atoms with Gasteiger partial charge in [0.2, 0.25) is 5.91 Å². The Kier molecular flexibility index (Phi) is 5.06. The Morgan fingerprint density at radius 2 is 2.15 bits per heavy atom. The highest BCUT2D eigenvalue weighted by Gasteiger charge is 2.21. The Balaban J connectivity index is 0.00000147. The number of benzene rings is 1. The summed E-state index contributed by atoms with van der Waals surface area (Å²) in [5, 5.41) is 3.37. The van der Waals surface area contributed by atoms with E-state index in [0.29, 0.717) is 12.5 Å². The fourth-order valence-electron chi connectivity index (χ4n) is 3.18. The third-order valence-corrected chi connectivity index (χ3v) is 4.24. The topological polar surface area (TPSA) is 32.3 Å². The maximum Gasteiger partial charge on any atom is 0.227 e. The lowest BCUT2D eigenvalue weighted by atomic mass is 10.0. The predicted octanol–water partition coefficient (Wildman–Crippen LogP) is 1.96. The lowest BCUT2D eigenvalue weighted by molar-refractivity contribution is -0.131. The minimum Gasteiger partial charge on any atom is -0.340 e. The van der Waals surface area contributed by atoms with Gasteiger partial charge in [0, 0.05) is 25.7 Å². The number of hydrogen-bond acceptors (Lipinski definition) is 2. The van der Waals surface area contributed by atoms with Crippen LogP contribution in [-0.4, -0.2) is 36.5 Å². The summed E-state index contributed by atoms with van der Waals surface area (Å²) in [6.45, 7) is 4.73. The van der Waals surface area contributed by atoms with Gasteiger partial charge in [0.05, 0.1) is 6.42 Å². The lowest BCUT2D eigenvalue weighted by Crippen LogP contribution is -2.51. The van der Waals surface area contributed by atoms with Gasteiger partial charge in [-0.15, -0.1) is 12.4 Å². The van der Waals surface area contributed by atoms with Crippen LogP contribution < -0.4 is 5.32 Å². The molecule has 110 valence electrons. The van der Waals surface area contributed by atoms with E-state index < -0.39 is 0 Å². The number of nitrogens with one attached hydrogen (secondary N) is 1. The molecule has 1 aliphatic carbocycles. The lowest BCUT2D eigenvalue weighted by Gasteiger charge is -2.32. The van der Waals surface area contributed by atoms with Crippen molar-refractivity contribution in [1.82, 2.24) is 10.2 Å². The average Bonchev–Trinajstić information content (AvgIpc) is 2.86. The molecule has 1 amide bonds. The SMILES string of the molecule is CC1CN(C(=O)Cc2ccc3c(c2)CCC3)CCN1.Cl. The van der Waals surface area contributed by atoms with Gasteiger partial charge in [0.25, 0.3) is 0 Å². The zero-order valence-electron chi connectivity index (χ0n) is 12.0. The molecule has 0 aromatic heterocycles. The number of aryl methyl sites for hydroxylation is 2. The van der Waals surface area contributed by atoms with Crippen LogP contribution in [0.2, 0.25) is 0 Å². The smallest absolute Gasteiger partial charge is 0.227 e. The molecule has 3 nitrogen and oxygen atoms in total. The fourth-order valence-corrected chi connectivity index (χ4v) is 3.18. The minimum absolute atomic E-state index is 0. The van der Waals surface area contributed by atoms with Crippen LogP contribution in [0.1, 0.15) is 30.0 Å². The summed E-state index contributed by atoms with van der Waals surface area (Å²) in [7, 11) is 0. The van der Waals surface area contributed by atoms with Crippen molar-refractivity contribution in [2.45, 2.75) is 38.6 Å². The minimum atomic E-state index is 0. The van der Waals surface area contributed by atoms with Crippen LogP contribution >= 0.6 is 12.4 Å². The van der Waals surface area contributed by atoms with Crippen molar-refractivity contribution in [2.75, 3.05) is 19.6 Å². The number of halogens is 1. The molecule has 1 heterocycles. The molecular weight excluding hydrogens is 272 g/mol. The molecule has 0 radical (unpaired) electrons. The summed E-state index contributed by atoms with van der Waals surface area (Å²) >= 11 is 0. The summed E-state index contributed by atoms with van der Waals surface area (Å²) in [6.07, 6.45) is 4.21. The molecule has 1 fully saturated rings. The number of rotatable bonds is 2. The van der Waals surface area contributed by atoms with Crippen molar-refractivity contribution in [3.8, 4) is 0 Å². The molecule has 1 saturated heterocycles. The monoisotopic (exact) mass is 294 g/mol. The van der Waals surface area contributed by atoms with Crippen LogP contribution in [0.5, 0.6) is 0 Å². The zero-order valence-corrected chi connectivity index (χ0v) is 12.8. The Bertz CT molecular complexity index is 489. The number of fused-ring (bicyclic) bond motifs is 1. The Morgan fingerprint density at radius 1 is 1.35 bits per heavy atom. The van der Waals surface area contributed by atoms with Gasteiger partial charge in [0.1, 0.15) is 0 Å². The molecule has 1 N–H and O–H groups in total. The molecule has 1 aliphatic heterocycles. The van der Waals surface area contributed by atoms with Gasteiger partial charge in [-0.1, -0.05) is 18.2 Å². The van der Waals surface area contributed by atoms with Gasteiger partial charge in [-0.25, -0.2) is 0 Å². The van der Waals surface area contributed by atoms with Crippen molar-refractivity contribution in [3.05, 3.63) is 34.9 Å². The van der Waals surface area contributed by atoms with Gasteiger partial charge in [-0.05, 0) is 42.9 Å². The van der Waals surface area contributed by atoms with Crippen LogP contribution in [0, 0.1) is 0 Å². The van der Waals surface area contributed by atoms with Crippen molar-refractivity contribution >= 4 is 18.3 Å². The summed E-state index contributed by atoms with van der Waals surface area (Å²) in [5.41, 5.74) is 4.11. The molecule has 1 unspecified atom stereocenters. The molecule has 1 aromatic carbocycles. The number of piperazine rings is 1. The highest BCUT2D eigenvalue weighted by molar-refractivity contribution is 5.85. The number of amides is 1. The van der Waals surface area contributed by atoms with E-state index in [1.165, 1.54) is 36.0 Å². The van der Waals surface area contributed by atoms with Crippen molar-refractivity contribution in [3.63, 3.8) is 0 Å². The Morgan fingerprint density at radius 3 is 2.95 bits per heavy atom. The van der Waals surface area contributed by atoms with E-state index in [9.17, 15) is 4.79 Å². The molecule has 1 atom stereocenters. The summed E-state index contributed by atoms with van der Waals surface area (Å²) in [4.78, 5) is 14.3. The van der Waals surface area contributed by atoms with Crippen LogP contribution in [0.15, 0.2) is 18.2 Å². The maximum atomic E-state index is 12.3. The second-order valence-corrected chi connectivity index (χ2v) is 5.83. The van der Waals surface area contributed by atoms with E-state index in [-0.39, 0.29) is 18.3 Å². The van der Waals surface area contributed by atoms with Gasteiger partial charge >= 0.3 is 0 Å². The van der Waals surface area contributed by atoms with Crippen LogP contribution in [0.3, 0.4) is 0 Å². The summed E-state index contributed by atoms with van der Waals surface area (Å²) in [6, 6.07) is 7.00. The second-order valence-electron chi connectivity index (χ2n) is 5.83. The molecule has 3 rings (SSSR count). The van der Waals surface area contributed by atoms with Crippen molar-refractivity contribution in [2.24, 2.45) is 0 Å². The average molecular weight is 295 g/mol. The standard InChI is InChI=1S/C16H22N2O.ClH/c1-12-11-18(8-7-17-12)16(19)10-13-5-6-14-3-2-4-15(14)9-13;/h5-6,9,12,17H,2-4,7-8,10-11H2,1H3;1H. The van der Waals surface area contributed by atoms with Gasteiger partial charge in [-0.2, -0.15) is 0 Å². The van der Waals surface area contributed by atoms with E-state index in [4.69, 9.17) is 0 Å². The van der Waals surface area contributed by atoms with Crippen molar-refractivity contribution < 1.29 is 4.79 Å². The van der Waals surface area contributed by atoms with E-state index in [2.05, 4.69) is 30.4 Å². The molecule has 4 heteroatoms. The van der Waals surface area contributed by atoms with Gasteiger partial charge < -0.3 is 10.2 Å². The molecule has 20 heavy (non-hydrogen) atoms. The first-order valence-corrected chi connectivity index (χ1v) is 7.34. The quantitative estimate of drug-likeness (QED) is 0.904. The molecule has 2 aliphatic rings. The fraction of sp³-hybridized carbons (Fsp3) is 0.562. The molecule has 0 saturated carbocycles. The highest BCUT2D eigenvalue weighted by atomic mass is 35.5. The normalized spacial score (nSPS) is 21.2. The van der Waals surface area contributed by atoms with Crippen LogP contribution in [0.4, 0.5) is 0 Å².